The minimum absolute atomic E-state index is 0. The SMILES string of the molecule is Cl.NCCCC[C@@H](N)c1cccc2c1OCCO2. The standard InChI is InChI=1S/C13H20N2O2.ClH/c14-7-2-1-5-11(15)10-4-3-6-12-13(10)17-9-8-16-12;/h3-4,6,11H,1-2,5,7-9,14-15H2;1H/t11-;/m1./s1. The van der Waals surface area contributed by atoms with Gasteiger partial charge in [0, 0.05) is 11.6 Å². The summed E-state index contributed by atoms with van der Waals surface area (Å²) in [5, 5.41) is 0. The summed E-state index contributed by atoms with van der Waals surface area (Å²) in [6, 6.07) is 5.90. The summed E-state index contributed by atoms with van der Waals surface area (Å²) in [4.78, 5) is 0. The van der Waals surface area contributed by atoms with Crippen LogP contribution in [0.4, 0.5) is 0 Å². The lowest BCUT2D eigenvalue weighted by atomic mass is 10.0. The van der Waals surface area contributed by atoms with Crippen LogP contribution in [-0.4, -0.2) is 19.8 Å². The molecule has 0 unspecified atom stereocenters. The molecule has 0 saturated heterocycles. The van der Waals surface area contributed by atoms with Gasteiger partial charge in [-0.2, -0.15) is 0 Å². The first-order valence-electron chi connectivity index (χ1n) is 6.17. The second kappa shape index (κ2) is 7.46. The number of halogens is 1. The Morgan fingerprint density at radius 3 is 2.72 bits per heavy atom. The molecule has 1 aliphatic heterocycles. The highest BCUT2D eigenvalue weighted by atomic mass is 35.5. The van der Waals surface area contributed by atoms with Crippen LogP contribution >= 0.6 is 12.4 Å². The highest BCUT2D eigenvalue weighted by molar-refractivity contribution is 5.85. The molecule has 0 aromatic heterocycles. The predicted octanol–water partition coefficient (Wildman–Crippen LogP) is 2.01. The van der Waals surface area contributed by atoms with E-state index < -0.39 is 0 Å². The monoisotopic (exact) mass is 272 g/mol. The van der Waals surface area contributed by atoms with Crippen LogP contribution in [0, 0.1) is 0 Å². The van der Waals surface area contributed by atoms with Gasteiger partial charge < -0.3 is 20.9 Å². The second-order valence-electron chi connectivity index (χ2n) is 4.26. The highest BCUT2D eigenvalue weighted by Crippen LogP contribution is 2.37. The average Bonchev–Trinajstić information content (AvgIpc) is 2.38. The Hall–Kier alpha value is -0.970. The Morgan fingerprint density at radius 2 is 1.94 bits per heavy atom. The summed E-state index contributed by atoms with van der Waals surface area (Å²) in [7, 11) is 0. The molecule has 4 N–H and O–H groups in total. The number of ether oxygens (including phenoxy) is 2. The van der Waals surface area contributed by atoms with Crippen LogP contribution in [0.5, 0.6) is 11.5 Å². The molecule has 1 heterocycles. The lowest BCUT2D eigenvalue weighted by molar-refractivity contribution is 0.169. The molecule has 2 rings (SSSR count). The molecule has 18 heavy (non-hydrogen) atoms. The summed E-state index contributed by atoms with van der Waals surface area (Å²) in [5.41, 5.74) is 12.7. The first-order chi connectivity index (χ1) is 8.33. The van der Waals surface area contributed by atoms with E-state index in [0.29, 0.717) is 13.2 Å². The van der Waals surface area contributed by atoms with E-state index in [2.05, 4.69) is 0 Å². The van der Waals surface area contributed by atoms with E-state index in [1.54, 1.807) is 0 Å². The van der Waals surface area contributed by atoms with Crippen molar-refractivity contribution in [3.63, 3.8) is 0 Å². The third-order valence-corrected chi connectivity index (χ3v) is 2.97. The molecule has 1 aromatic rings. The van der Waals surface area contributed by atoms with Crippen LogP contribution in [0.25, 0.3) is 0 Å². The number of unbranched alkanes of at least 4 members (excludes halogenated alkanes) is 1. The fraction of sp³-hybridized carbons (Fsp3) is 0.538. The van der Waals surface area contributed by atoms with E-state index in [1.807, 2.05) is 18.2 Å². The van der Waals surface area contributed by atoms with Crippen LogP contribution in [0.3, 0.4) is 0 Å². The molecule has 102 valence electrons. The minimum Gasteiger partial charge on any atom is -0.486 e. The Kier molecular flexibility index (Phi) is 6.25. The van der Waals surface area contributed by atoms with Gasteiger partial charge in [-0.1, -0.05) is 18.6 Å². The van der Waals surface area contributed by atoms with E-state index in [1.165, 1.54) is 0 Å². The van der Waals surface area contributed by atoms with Gasteiger partial charge in [-0.15, -0.1) is 12.4 Å². The van der Waals surface area contributed by atoms with Gasteiger partial charge in [0.15, 0.2) is 11.5 Å². The van der Waals surface area contributed by atoms with E-state index in [4.69, 9.17) is 20.9 Å². The van der Waals surface area contributed by atoms with E-state index in [0.717, 1.165) is 42.9 Å². The van der Waals surface area contributed by atoms with E-state index in [9.17, 15) is 0 Å². The first-order valence-corrected chi connectivity index (χ1v) is 6.17. The molecule has 0 radical (unpaired) electrons. The van der Waals surface area contributed by atoms with Gasteiger partial charge in [-0.05, 0) is 25.5 Å². The van der Waals surface area contributed by atoms with Gasteiger partial charge in [0.2, 0.25) is 0 Å². The molecule has 1 atom stereocenters. The van der Waals surface area contributed by atoms with Crippen molar-refractivity contribution in [1.29, 1.82) is 0 Å². The van der Waals surface area contributed by atoms with E-state index >= 15 is 0 Å². The van der Waals surface area contributed by atoms with Gasteiger partial charge in [0.05, 0.1) is 0 Å². The third-order valence-electron chi connectivity index (χ3n) is 2.97. The van der Waals surface area contributed by atoms with Crippen molar-refractivity contribution in [1.82, 2.24) is 0 Å². The lowest BCUT2D eigenvalue weighted by Crippen LogP contribution is -2.19. The Labute approximate surface area is 114 Å². The van der Waals surface area contributed by atoms with Gasteiger partial charge in [0.1, 0.15) is 13.2 Å². The van der Waals surface area contributed by atoms with Crippen molar-refractivity contribution in [2.24, 2.45) is 11.5 Å². The number of nitrogens with two attached hydrogens (primary N) is 2. The topological polar surface area (TPSA) is 70.5 Å². The maximum atomic E-state index is 6.18. The number of benzene rings is 1. The number of fused-ring (bicyclic) bond motifs is 1. The molecule has 0 amide bonds. The lowest BCUT2D eigenvalue weighted by Gasteiger charge is -2.23. The summed E-state index contributed by atoms with van der Waals surface area (Å²) >= 11 is 0. The highest BCUT2D eigenvalue weighted by Gasteiger charge is 2.19. The zero-order chi connectivity index (χ0) is 12.1. The molecule has 0 saturated carbocycles. The second-order valence-corrected chi connectivity index (χ2v) is 4.26. The third kappa shape index (κ3) is 3.51. The molecule has 0 spiro atoms. The number of rotatable bonds is 5. The average molecular weight is 273 g/mol. The Morgan fingerprint density at radius 1 is 1.17 bits per heavy atom. The number of hydrogen-bond donors (Lipinski definition) is 2. The predicted molar refractivity (Wildman–Crippen MR) is 74.5 cm³/mol. The smallest absolute Gasteiger partial charge is 0.166 e. The van der Waals surface area contributed by atoms with Crippen molar-refractivity contribution in [3.05, 3.63) is 23.8 Å². The van der Waals surface area contributed by atoms with Crippen LogP contribution in [0.2, 0.25) is 0 Å². The fourth-order valence-corrected chi connectivity index (χ4v) is 2.05. The molecule has 4 nitrogen and oxygen atoms in total. The van der Waals surface area contributed by atoms with Crippen LogP contribution in [0.1, 0.15) is 30.9 Å². The number of para-hydroxylation sites is 1. The fourth-order valence-electron chi connectivity index (χ4n) is 2.05. The van der Waals surface area contributed by atoms with Gasteiger partial charge in [0.25, 0.3) is 0 Å². The van der Waals surface area contributed by atoms with Crippen molar-refractivity contribution in [3.8, 4) is 11.5 Å². The zero-order valence-corrected chi connectivity index (χ0v) is 11.2. The molecule has 1 aromatic carbocycles. The summed E-state index contributed by atoms with van der Waals surface area (Å²) < 4.78 is 11.2. The summed E-state index contributed by atoms with van der Waals surface area (Å²) in [5.74, 6) is 1.63. The molecule has 0 fully saturated rings. The summed E-state index contributed by atoms with van der Waals surface area (Å²) in [6.45, 7) is 1.93. The van der Waals surface area contributed by atoms with Gasteiger partial charge in [-0.3, -0.25) is 0 Å². The quantitative estimate of drug-likeness (QED) is 0.805. The molecule has 1 aliphatic rings. The maximum absolute atomic E-state index is 6.18. The van der Waals surface area contributed by atoms with Crippen molar-refractivity contribution in [2.75, 3.05) is 19.8 Å². The number of hydrogen-bond acceptors (Lipinski definition) is 4. The molecule has 5 heteroatoms. The summed E-state index contributed by atoms with van der Waals surface area (Å²) in [6.07, 6.45) is 2.99. The van der Waals surface area contributed by atoms with E-state index in [-0.39, 0.29) is 18.4 Å². The normalized spacial score (nSPS) is 14.8. The van der Waals surface area contributed by atoms with Gasteiger partial charge in [-0.25, -0.2) is 0 Å². The van der Waals surface area contributed by atoms with Crippen molar-refractivity contribution < 1.29 is 9.47 Å². The van der Waals surface area contributed by atoms with Crippen molar-refractivity contribution in [2.45, 2.75) is 25.3 Å². The molecular formula is C13H21ClN2O2. The Bertz CT molecular complexity index is 374. The molecular weight excluding hydrogens is 252 g/mol. The zero-order valence-electron chi connectivity index (χ0n) is 10.4. The van der Waals surface area contributed by atoms with Crippen molar-refractivity contribution >= 4 is 12.4 Å². The first kappa shape index (κ1) is 15.1. The maximum Gasteiger partial charge on any atom is 0.166 e. The van der Waals surface area contributed by atoms with Crippen LogP contribution in [-0.2, 0) is 0 Å². The van der Waals surface area contributed by atoms with Crippen LogP contribution < -0.4 is 20.9 Å². The van der Waals surface area contributed by atoms with Gasteiger partial charge >= 0.3 is 0 Å². The Balaban J connectivity index is 0.00000162. The minimum atomic E-state index is -0.00167. The molecule has 0 aliphatic carbocycles. The largest absolute Gasteiger partial charge is 0.486 e. The van der Waals surface area contributed by atoms with Crippen LogP contribution in [0.15, 0.2) is 18.2 Å². The molecule has 0 bridgehead atoms.